The summed E-state index contributed by atoms with van der Waals surface area (Å²) in [6, 6.07) is 19.6. The fourth-order valence-corrected chi connectivity index (χ4v) is 4.07. The van der Waals surface area contributed by atoms with Crippen LogP contribution in [0.2, 0.25) is 0 Å². The lowest BCUT2D eigenvalue weighted by molar-refractivity contribution is 0.103. The van der Waals surface area contributed by atoms with Crippen molar-refractivity contribution in [3.63, 3.8) is 0 Å². The van der Waals surface area contributed by atoms with Gasteiger partial charge in [-0.1, -0.05) is 18.2 Å². The number of aromatic nitrogens is 2. The predicted octanol–water partition coefficient (Wildman–Crippen LogP) is 5.25. The maximum absolute atomic E-state index is 12.6. The van der Waals surface area contributed by atoms with Gasteiger partial charge >= 0.3 is 0 Å². The Hall–Kier alpha value is -2.19. The Kier molecular flexibility index (Phi) is 4.30. The molecular formula is C19H14IN3OS. The summed E-state index contributed by atoms with van der Waals surface area (Å²) in [5.74, 6) is -0.0959. The number of carbonyl (C=O) groups is 1. The largest absolute Gasteiger partial charge is 0.321 e. The van der Waals surface area contributed by atoms with Gasteiger partial charge in [0, 0.05) is 14.6 Å². The lowest BCUT2D eigenvalue weighted by atomic mass is 10.3. The summed E-state index contributed by atoms with van der Waals surface area (Å²) < 4.78 is 3.04. The van der Waals surface area contributed by atoms with Crippen molar-refractivity contribution in [2.75, 3.05) is 5.32 Å². The first kappa shape index (κ1) is 16.3. The molecule has 0 unspecified atom stereocenters. The molecule has 0 bridgehead atoms. The Morgan fingerprint density at radius 3 is 2.56 bits per heavy atom. The Morgan fingerprint density at radius 2 is 1.84 bits per heavy atom. The zero-order valence-electron chi connectivity index (χ0n) is 13.4. The standard InChI is InChI=1S/C19H14IN3OS/c1-12-16-11-17(18(24)21-14-9-7-13(20)8-10-14)25-19(16)23(22-12)15-5-3-2-4-6-15/h2-11H,1H3,(H,21,24). The number of fused-ring (bicyclic) bond motifs is 1. The number of nitrogens with zero attached hydrogens (tertiary/aromatic N) is 2. The normalized spacial score (nSPS) is 11.0. The third kappa shape index (κ3) is 3.19. The van der Waals surface area contributed by atoms with Gasteiger partial charge in [0.1, 0.15) is 4.83 Å². The number of para-hydroxylation sites is 1. The quantitative estimate of drug-likeness (QED) is 0.426. The van der Waals surface area contributed by atoms with Gasteiger partial charge in [-0.05, 0) is 72.0 Å². The minimum atomic E-state index is -0.0959. The van der Waals surface area contributed by atoms with Crippen LogP contribution in [0.4, 0.5) is 5.69 Å². The number of rotatable bonds is 3. The van der Waals surface area contributed by atoms with Crippen molar-refractivity contribution < 1.29 is 4.79 Å². The lowest BCUT2D eigenvalue weighted by Crippen LogP contribution is -2.10. The second kappa shape index (κ2) is 6.61. The zero-order chi connectivity index (χ0) is 17.4. The molecule has 0 saturated carbocycles. The van der Waals surface area contributed by atoms with Crippen LogP contribution in [0, 0.1) is 10.5 Å². The average molecular weight is 459 g/mol. The Labute approximate surface area is 162 Å². The molecule has 0 saturated heterocycles. The average Bonchev–Trinajstić information content (AvgIpc) is 3.19. The van der Waals surface area contributed by atoms with Gasteiger partial charge in [-0.2, -0.15) is 5.10 Å². The van der Waals surface area contributed by atoms with Crippen LogP contribution in [0.5, 0.6) is 0 Å². The third-order valence-corrected chi connectivity index (χ3v) is 5.70. The van der Waals surface area contributed by atoms with Gasteiger partial charge < -0.3 is 5.32 Å². The van der Waals surface area contributed by atoms with E-state index in [1.54, 1.807) is 0 Å². The predicted molar refractivity (Wildman–Crippen MR) is 111 cm³/mol. The maximum atomic E-state index is 12.6. The van der Waals surface area contributed by atoms with Crippen molar-refractivity contribution in [3.8, 4) is 5.69 Å². The second-order valence-corrected chi connectivity index (χ2v) is 7.90. The van der Waals surface area contributed by atoms with E-state index in [0.717, 1.165) is 30.9 Å². The molecule has 4 nitrogen and oxygen atoms in total. The fraction of sp³-hybridized carbons (Fsp3) is 0.0526. The summed E-state index contributed by atoms with van der Waals surface area (Å²) in [6.45, 7) is 1.97. The fourth-order valence-electron chi connectivity index (χ4n) is 2.63. The molecule has 4 rings (SSSR count). The van der Waals surface area contributed by atoms with Crippen LogP contribution in [-0.2, 0) is 0 Å². The summed E-state index contributed by atoms with van der Waals surface area (Å²) in [7, 11) is 0. The zero-order valence-corrected chi connectivity index (χ0v) is 16.3. The van der Waals surface area contributed by atoms with Crippen LogP contribution in [-0.4, -0.2) is 15.7 Å². The van der Waals surface area contributed by atoms with Crippen molar-refractivity contribution >= 4 is 55.7 Å². The molecule has 1 amide bonds. The Bertz CT molecular complexity index is 1050. The molecule has 1 N–H and O–H groups in total. The van der Waals surface area contributed by atoms with E-state index >= 15 is 0 Å². The van der Waals surface area contributed by atoms with Gasteiger partial charge in [0.15, 0.2) is 0 Å². The van der Waals surface area contributed by atoms with E-state index in [2.05, 4.69) is 33.0 Å². The van der Waals surface area contributed by atoms with Crippen LogP contribution in [0.25, 0.3) is 15.9 Å². The molecule has 4 aromatic rings. The topological polar surface area (TPSA) is 46.9 Å². The van der Waals surface area contributed by atoms with Gasteiger partial charge in [0.2, 0.25) is 0 Å². The summed E-state index contributed by atoms with van der Waals surface area (Å²) in [5.41, 5.74) is 2.71. The number of hydrogen-bond donors (Lipinski definition) is 1. The monoisotopic (exact) mass is 459 g/mol. The highest BCUT2D eigenvalue weighted by Gasteiger charge is 2.17. The highest BCUT2D eigenvalue weighted by atomic mass is 127. The van der Waals surface area contributed by atoms with Gasteiger partial charge in [-0.3, -0.25) is 4.79 Å². The summed E-state index contributed by atoms with van der Waals surface area (Å²) in [4.78, 5) is 14.3. The first-order chi connectivity index (χ1) is 12.1. The molecule has 2 aromatic carbocycles. The van der Waals surface area contributed by atoms with Gasteiger partial charge in [-0.25, -0.2) is 4.68 Å². The van der Waals surface area contributed by atoms with Crippen molar-refractivity contribution in [1.29, 1.82) is 0 Å². The van der Waals surface area contributed by atoms with Crippen LogP contribution in [0.15, 0.2) is 60.7 Å². The molecular weight excluding hydrogens is 445 g/mol. The molecule has 0 fully saturated rings. The minimum absolute atomic E-state index is 0.0959. The number of carbonyl (C=O) groups excluding carboxylic acids is 1. The van der Waals surface area contributed by atoms with Gasteiger partial charge in [0.25, 0.3) is 5.91 Å². The third-order valence-electron chi connectivity index (χ3n) is 3.87. The van der Waals surface area contributed by atoms with Crippen LogP contribution in [0.1, 0.15) is 15.4 Å². The first-order valence-corrected chi connectivity index (χ1v) is 9.63. The smallest absolute Gasteiger partial charge is 0.265 e. The number of aryl methyl sites for hydroxylation is 1. The van der Waals surface area contributed by atoms with Crippen molar-refractivity contribution in [2.24, 2.45) is 0 Å². The number of amides is 1. The van der Waals surface area contributed by atoms with E-state index in [-0.39, 0.29) is 5.91 Å². The van der Waals surface area contributed by atoms with Crippen LogP contribution in [0.3, 0.4) is 0 Å². The molecule has 6 heteroatoms. The van der Waals surface area contributed by atoms with Crippen molar-refractivity contribution in [1.82, 2.24) is 9.78 Å². The van der Waals surface area contributed by atoms with E-state index in [1.165, 1.54) is 11.3 Å². The van der Waals surface area contributed by atoms with E-state index in [1.807, 2.05) is 72.3 Å². The van der Waals surface area contributed by atoms with Gasteiger partial charge in [-0.15, -0.1) is 11.3 Å². The first-order valence-electron chi connectivity index (χ1n) is 7.73. The summed E-state index contributed by atoms with van der Waals surface area (Å²) in [5, 5.41) is 8.58. The number of thiophene rings is 1. The molecule has 124 valence electrons. The number of anilines is 1. The molecule has 25 heavy (non-hydrogen) atoms. The number of hydrogen-bond acceptors (Lipinski definition) is 3. The van der Waals surface area contributed by atoms with Crippen LogP contribution >= 0.6 is 33.9 Å². The summed E-state index contributed by atoms with van der Waals surface area (Å²) in [6.07, 6.45) is 0. The SMILES string of the molecule is Cc1nn(-c2ccccc2)c2sc(C(=O)Nc3ccc(I)cc3)cc12. The Balaban J connectivity index is 1.69. The van der Waals surface area contributed by atoms with E-state index < -0.39 is 0 Å². The van der Waals surface area contributed by atoms with E-state index in [4.69, 9.17) is 0 Å². The molecule has 0 radical (unpaired) electrons. The van der Waals surface area contributed by atoms with Crippen LogP contribution < -0.4 is 5.32 Å². The molecule has 0 aliphatic heterocycles. The minimum Gasteiger partial charge on any atom is -0.321 e. The van der Waals surface area contributed by atoms with Gasteiger partial charge in [0.05, 0.1) is 16.3 Å². The Morgan fingerprint density at radius 1 is 1.12 bits per heavy atom. The molecule has 2 aromatic heterocycles. The highest BCUT2D eigenvalue weighted by molar-refractivity contribution is 14.1. The van der Waals surface area contributed by atoms with E-state index in [0.29, 0.717) is 4.88 Å². The van der Waals surface area contributed by atoms with Crippen molar-refractivity contribution in [2.45, 2.75) is 6.92 Å². The molecule has 2 heterocycles. The maximum Gasteiger partial charge on any atom is 0.265 e. The summed E-state index contributed by atoms with van der Waals surface area (Å²) >= 11 is 3.70. The molecule has 0 spiro atoms. The molecule has 0 aliphatic rings. The second-order valence-electron chi connectivity index (χ2n) is 5.62. The molecule has 0 atom stereocenters. The lowest BCUT2D eigenvalue weighted by Gasteiger charge is -2.03. The highest BCUT2D eigenvalue weighted by Crippen LogP contribution is 2.30. The number of nitrogens with one attached hydrogen (secondary N) is 1. The van der Waals surface area contributed by atoms with Crippen molar-refractivity contribution in [3.05, 3.63) is 74.8 Å². The molecule has 0 aliphatic carbocycles. The van der Waals surface area contributed by atoms with E-state index in [9.17, 15) is 4.79 Å². The number of benzene rings is 2. The number of halogens is 1.